The number of primary amides is 1. The SMILES string of the molecule is CCc1cccc2ccn(CC(N)=O)c12. The molecule has 3 nitrogen and oxygen atoms in total. The van der Waals surface area contributed by atoms with E-state index in [1.165, 1.54) is 5.56 Å². The number of nitrogens with two attached hydrogens (primary N) is 1. The predicted molar refractivity (Wildman–Crippen MR) is 60.5 cm³/mol. The van der Waals surface area contributed by atoms with E-state index in [-0.39, 0.29) is 12.5 Å². The maximum Gasteiger partial charge on any atom is 0.237 e. The van der Waals surface area contributed by atoms with Crippen molar-refractivity contribution in [1.82, 2.24) is 4.57 Å². The molecule has 2 N–H and O–H groups in total. The first kappa shape index (κ1) is 9.77. The zero-order chi connectivity index (χ0) is 10.8. The molecule has 0 aliphatic rings. The van der Waals surface area contributed by atoms with Gasteiger partial charge in [-0.2, -0.15) is 0 Å². The van der Waals surface area contributed by atoms with Crippen LogP contribution < -0.4 is 5.73 Å². The number of aromatic nitrogens is 1. The van der Waals surface area contributed by atoms with Crippen molar-refractivity contribution in [2.75, 3.05) is 0 Å². The van der Waals surface area contributed by atoms with Gasteiger partial charge in [0.25, 0.3) is 0 Å². The van der Waals surface area contributed by atoms with Crippen molar-refractivity contribution in [1.29, 1.82) is 0 Å². The third-order valence-electron chi connectivity index (χ3n) is 2.58. The van der Waals surface area contributed by atoms with E-state index in [1.54, 1.807) is 0 Å². The molecule has 1 aromatic carbocycles. The second-order valence-corrected chi connectivity index (χ2v) is 3.62. The first-order valence-corrected chi connectivity index (χ1v) is 5.07. The van der Waals surface area contributed by atoms with Gasteiger partial charge in [0.2, 0.25) is 5.91 Å². The van der Waals surface area contributed by atoms with Gasteiger partial charge in [-0.25, -0.2) is 0 Å². The van der Waals surface area contributed by atoms with E-state index in [2.05, 4.69) is 13.0 Å². The Morgan fingerprint density at radius 2 is 2.20 bits per heavy atom. The average Bonchev–Trinajstić information content (AvgIpc) is 2.61. The maximum absolute atomic E-state index is 10.9. The molecule has 0 atom stereocenters. The van der Waals surface area contributed by atoms with Crippen molar-refractivity contribution in [2.24, 2.45) is 5.73 Å². The lowest BCUT2D eigenvalue weighted by Gasteiger charge is -2.06. The van der Waals surface area contributed by atoms with Crippen molar-refractivity contribution in [3.63, 3.8) is 0 Å². The fourth-order valence-electron chi connectivity index (χ4n) is 1.93. The summed E-state index contributed by atoms with van der Waals surface area (Å²) in [7, 11) is 0. The Labute approximate surface area is 88.5 Å². The van der Waals surface area contributed by atoms with Crippen molar-refractivity contribution in [2.45, 2.75) is 19.9 Å². The van der Waals surface area contributed by atoms with Crippen LogP contribution in [0.3, 0.4) is 0 Å². The molecule has 0 saturated carbocycles. The van der Waals surface area contributed by atoms with Crippen LogP contribution in [0.25, 0.3) is 10.9 Å². The number of fused-ring (bicyclic) bond motifs is 1. The minimum atomic E-state index is -0.307. The molecule has 0 aliphatic heterocycles. The molecule has 0 fully saturated rings. The number of carbonyl (C=O) groups is 1. The number of nitrogens with zero attached hydrogens (tertiary/aromatic N) is 1. The summed E-state index contributed by atoms with van der Waals surface area (Å²) in [5, 5.41) is 1.16. The van der Waals surface area contributed by atoms with Crippen LogP contribution >= 0.6 is 0 Å². The minimum Gasteiger partial charge on any atom is -0.368 e. The van der Waals surface area contributed by atoms with Crippen molar-refractivity contribution in [3.05, 3.63) is 36.0 Å². The van der Waals surface area contributed by atoms with E-state index in [9.17, 15) is 4.79 Å². The van der Waals surface area contributed by atoms with Crippen LogP contribution in [0.1, 0.15) is 12.5 Å². The minimum absolute atomic E-state index is 0.251. The maximum atomic E-state index is 10.9. The first-order chi connectivity index (χ1) is 7.22. The fraction of sp³-hybridized carbons (Fsp3) is 0.250. The second-order valence-electron chi connectivity index (χ2n) is 3.62. The summed E-state index contributed by atoms with van der Waals surface area (Å²) in [6, 6.07) is 8.18. The zero-order valence-corrected chi connectivity index (χ0v) is 8.73. The van der Waals surface area contributed by atoms with Crippen molar-refractivity contribution < 1.29 is 4.79 Å². The largest absolute Gasteiger partial charge is 0.368 e. The molecule has 0 spiro atoms. The van der Waals surface area contributed by atoms with E-state index < -0.39 is 0 Å². The fourth-order valence-corrected chi connectivity index (χ4v) is 1.93. The number of rotatable bonds is 3. The number of hydrogen-bond donors (Lipinski definition) is 1. The molecule has 15 heavy (non-hydrogen) atoms. The Bertz CT molecular complexity index is 499. The van der Waals surface area contributed by atoms with Gasteiger partial charge < -0.3 is 10.3 Å². The molecule has 0 saturated heterocycles. The van der Waals surface area contributed by atoms with Crippen molar-refractivity contribution >= 4 is 16.8 Å². The van der Waals surface area contributed by atoms with Crippen LogP contribution in [0.2, 0.25) is 0 Å². The highest BCUT2D eigenvalue weighted by Gasteiger charge is 2.06. The zero-order valence-electron chi connectivity index (χ0n) is 8.73. The van der Waals surface area contributed by atoms with E-state index in [4.69, 9.17) is 5.73 Å². The number of amides is 1. The molecule has 1 aromatic heterocycles. The van der Waals surface area contributed by atoms with Gasteiger partial charge >= 0.3 is 0 Å². The Kier molecular flexibility index (Phi) is 2.46. The van der Waals surface area contributed by atoms with E-state index >= 15 is 0 Å². The average molecular weight is 202 g/mol. The number of benzene rings is 1. The number of aryl methyl sites for hydroxylation is 1. The highest BCUT2D eigenvalue weighted by molar-refractivity contribution is 5.85. The highest BCUT2D eigenvalue weighted by Crippen LogP contribution is 2.20. The molecule has 0 bridgehead atoms. The number of carbonyl (C=O) groups excluding carboxylic acids is 1. The summed E-state index contributed by atoms with van der Waals surface area (Å²) in [5.41, 5.74) is 7.58. The van der Waals surface area contributed by atoms with Crippen molar-refractivity contribution in [3.8, 4) is 0 Å². The van der Waals surface area contributed by atoms with Gasteiger partial charge in [0.05, 0.1) is 5.52 Å². The standard InChI is InChI=1S/C12H14N2O/c1-2-9-4-3-5-10-6-7-14(12(9)10)8-11(13)15/h3-7H,2,8H2,1H3,(H2,13,15). The third kappa shape index (κ3) is 1.73. The predicted octanol–water partition coefficient (Wildman–Crippen LogP) is 1.69. The van der Waals surface area contributed by atoms with Crippen LogP contribution in [-0.2, 0) is 17.8 Å². The molecule has 78 valence electrons. The van der Waals surface area contributed by atoms with Crippen LogP contribution in [0.4, 0.5) is 0 Å². The molecule has 0 radical (unpaired) electrons. The van der Waals surface area contributed by atoms with Gasteiger partial charge in [0.15, 0.2) is 0 Å². The lowest BCUT2D eigenvalue weighted by atomic mass is 10.1. The van der Waals surface area contributed by atoms with Gasteiger partial charge in [0.1, 0.15) is 6.54 Å². The molecule has 0 aliphatic carbocycles. The normalized spacial score (nSPS) is 10.7. The number of hydrogen-bond acceptors (Lipinski definition) is 1. The third-order valence-corrected chi connectivity index (χ3v) is 2.58. The summed E-state index contributed by atoms with van der Waals surface area (Å²) >= 11 is 0. The lowest BCUT2D eigenvalue weighted by molar-refractivity contribution is -0.118. The molecule has 3 heteroatoms. The topological polar surface area (TPSA) is 48.0 Å². The molecule has 1 heterocycles. The Morgan fingerprint density at radius 1 is 1.40 bits per heavy atom. The van der Waals surface area contributed by atoms with Crippen LogP contribution in [0.15, 0.2) is 30.5 Å². The molecule has 0 unspecified atom stereocenters. The Balaban J connectivity index is 2.60. The Morgan fingerprint density at radius 3 is 2.87 bits per heavy atom. The highest BCUT2D eigenvalue weighted by atomic mass is 16.1. The first-order valence-electron chi connectivity index (χ1n) is 5.07. The van der Waals surface area contributed by atoms with Gasteiger partial charge in [-0.05, 0) is 23.4 Å². The number of para-hydroxylation sites is 1. The molecular weight excluding hydrogens is 188 g/mol. The quantitative estimate of drug-likeness (QED) is 0.809. The summed E-state index contributed by atoms with van der Waals surface area (Å²) < 4.78 is 1.91. The Hall–Kier alpha value is -1.77. The van der Waals surface area contributed by atoms with Gasteiger partial charge in [0, 0.05) is 6.20 Å². The summed E-state index contributed by atoms with van der Waals surface area (Å²) in [6.45, 7) is 2.36. The summed E-state index contributed by atoms with van der Waals surface area (Å²) in [4.78, 5) is 10.9. The van der Waals surface area contributed by atoms with E-state index in [0.29, 0.717) is 0 Å². The molecule has 2 aromatic rings. The molecule has 1 amide bonds. The van der Waals surface area contributed by atoms with Gasteiger partial charge in [-0.1, -0.05) is 25.1 Å². The molecule has 2 rings (SSSR count). The van der Waals surface area contributed by atoms with Crippen LogP contribution in [0.5, 0.6) is 0 Å². The smallest absolute Gasteiger partial charge is 0.237 e. The van der Waals surface area contributed by atoms with Crippen LogP contribution in [-0.4, -0.2) is 10.5 Å². The lowest BCUT2D eigenvalue weighted by Crippen LogP contribution is -2.18. The summed E-state index contributed by atoms with van der Waals surface area (Å²) in [5.74, 6) is -0.307. The van der Waals surface area contributed by atoms with Gasteiger partial charge in [-0.15, -0.1) is 0 Å². The second kappa shape index (κ2) is 3.77. The molecular formula is C12H14N2O. The van der Waals surface area contributed by atoms with Crippen LogP contribution in [0, 0.1) is 0 Å². The van der Waals surface area contributed by atoms with E-state index in [0.717, 1.165) is 17.3 Å². The monoisotopic (exact) mass is 202 g/mol. The van der Waals surface area contributed by atoms with Gasteiger partial charge in [-0.3, -0.25) is 4.79 Å². The summed E-state index contributed by atoms with van der Waals surface area (Å²) in [6.07, 6.45) is 2.87. The van der Waals surface area contributed by atoms with E-state index in [1.807, 2.05) is 29.0 Å².